The molecular formula is C15H11FN2O3. The van der Waals surface area contributed by atoms with Gasteiger partial charge in [0.15, 0.2) is 11.5 Å². The molecule has 0 spiro atoms. The molecule has 0 aliphatic heterocycles. The Morgan fingerprint density at radius 1 is 1.24 bits per heavy atom. The van der Waals surface area contributed by atoms with Gasteiger partial charge in [-0.2, -0.15) is 5.10 Å². The molecule has 0 radical (unpaired) electrons. The summed E-state index contributed by atoms with van der Waals surface area (Å²) in [4.78, 5) is 11.3. The van der Waals surface area contributed by atoms with Crippen LogP contribution in [0.3, 0.4) is 0 Å². The molecule has 0 amide bonds. The van der Waals surface area contributed by atoms with Gasteiger partial charge in [-0.05, 0) is 43.3 Å². The van der Waals surface area contributed by atoms with Gasteiger partial charge in [0.05, 0.1) is 5.69 Å². The van der Waals surface area contributed by atoms with Gasteiger partial charge in [0.2, 0.25) is 0 Å². The Bertz CT molecular complexity index is 803. The fourth-order valence-electron chi connectivity index (χ4n) is 2.01. The van der Waals surface area contributed by atoms with Gasteiger partial charge in [-0.3, -0.25) is 0 Å². The summed E-state index contributed by atoms with van der Waals surface area (Å²) in [7, 11) is 0. The van der Waals surface area contributed by atoms with Crippen LogP contribution in [0.25, 0.3) is 17.1 Å². The van der Waals surface area contributed by atoms with E-state index in [-0.39, 0.29) is 5.69 Å². The summed E-state index contributed by atoms with van der Waals surface area (Å²) in [5.41, 5.74) is 0.846. The lowest BCUT2D eigenvalue weighted by Gasteiger charge is -2.03. The summed E-state index contributed by atoms with van der Waals surface area (Å²) < 4.78 is 19.7. The van der Waals surface area contributed by atoms with E-state index in [0.717, 1.165) is 0 Å². The number of carboxylic acid groups (broad SMARTS) is 1. The zero-order chi connectivity index (χ0) is 15.0. The number of hydrogen-bond donors (Lipinski definition) is 1. The molecule has 0 unspecified atom stereocenters. The van der Waals surface area contributed by atoms with Crippen LogP contribution in [0.4, 0.5) is 4.39 Å². The Balaban J connectivity index is 2.13. The number of benzene rings is 1. The average Bonchev–Trinajstić information content (AvgIpc) is 3.05. The minimum atomic E-state index is -1.12. The highest BCUT2D eigenvalue weighted by Crippen LogP contribution is 2.23. The third-order valence-electron chi connectivity index (χ3n) is 2.99. The SMILES string of the molecule is Cc1ccc(-c2cc(C(=O)O)n(-c3ccc(F)cc3)n2)o1. The Labute approximate surface area is 119 Å². The van der Waals surface area contributed by atoms with E-state index in [1.807, 2.05) is 0 Å². The molecule has 0 saturated heterocycles. The van der Waals surface area contributed by atoms with E-state index < -0.39 is 11.8 Å². The molecule has 0 atom stereocenters. The lowest BCUT2D eigenvalue weighted by atomic mass is 10.3. The van der Waals surface area contributed by atoms with Crippen LogP contribution < -0.4 is 0 Å². The minimum Gasteiger partial charge on any atom is -0.477 e. The first-order chi connectivity index (χ1) is 10.0. The molecule has 3 aromatic rings. The second kappa shape index (κ2) is 4.90. The molecule has 21 heavy (non-hydrogen) atoms. The van der Waals surface area contributed by atoms with E-state index in [4.69, 9.17) is 4.42 Å². The van der Waals surface area contributed by atoms with Gasteiger partial charge in [0.1, 0.15) is 17.3 Å². The highest BCUT2D eigenvalue weighted by Gasteiger charge is 2.18. The number of nitrogens with zero attached hydrogens (tertiary/aromatic N) is 2. The lowest BCUT2D eigenvalue weighted by molar-refractivity contribution is 0.0687. The molecule has 0 fully saturated rings. The highest BCUT2D eigenvalue weighted by atomic mass is 19.1. The normalized spacial score (nSPS) is 10.8. The van der Waals surface area contributed by atoms with Gasteiger partial charge >= 0.3 is 5.97 Å². The van der Waals surface area contributed by atoms with Gasteiger partial charge in [-0.25, -0.2) is 13.9 Å². The zero-order valence-electron chi connectivity index (χ0n) is 11.1. The van der Waals surface area contributed by atoms with Crippen molar-refractivity contribution in [2.75, 3.05) is 0 Å². The Kier molecular flexibility index (Phi) is 3.06. The quantitative estimate of drug-likeness (QED) is 0.802. The van der Waals surface area contributed by atoms with E-state index in [9.17, 15) is 14.3 Å². The molecule has 5 nitrogen and oxygen atoms in total. The van der Waals surface area contributed by atoms with Crippen LogP contribution in [-0.2, 0) is 0 Å². The number of aryl methyl sites for hydroxylation is 1. The molecule has 0 aliphatic rings. The fraction of sp³-hybridized carbons (Fsp3) is 0.0667. The molecule has 3 rings (SSSR count). The fourth-order valence-corrected chi connectivity index (χ4v) is 2.01. The second-order valence-corrected chi connectivity index (χ2v) is 4.52. The second-order valence-electron chi connectivity index (χ2n) is 4.52. The topological polar surface area (TPSA) is 68.3 Å². The molecule has 6 heteroatoms. The number of aromatic nitrogens is 2. The molecule has 1 aromatic carbocycles. The minimum absolute atomic E-state index is 0.0225. The summed E-state index contributed by atoms with van der Waals surface area (Å²) in [6.07, 6.45) is 0. The molecule has 0 bridgehead atoms. The third kappa shape index (κ3) is 2.43. The average molecular weight is 286 g/mol. The largest absolute Gasteiger partial charge is 0.477 e. The van der Waals surface area contributed by atoms with Gasteiger partial charge in [0, 0.05) is 6.07 Å². The smallest absolute Gasteiger partial charge is 0.354 e. The van der Waals surface area contributed by atoms with E-state index in [2.05, 4.69) is 5.10 Å². The number of aromatic carboxylic acids is 1. The first kappa shape index (κ1) is 13.1. The van der Waals surface area contributed by atoms with Gasteiger partial charge in [-0.15, -0.1) is 0 Å². The Morgan fingerprint density at radius 3 is 2.52 bits per heavy atom. The summed E-state index contributed by atoms with van der Waals surface area (Å²) >= 11 is 0. The summed E-state index contributed by atoms with van der Waals surface area (Å²) in [6.45, 7) is 1.79. The van der Waals surface area contributed by atoms with Crippen molar-refractivity contribution < 1.29 is 18.7 Å². The Hall–Kier alpha value is -2.89. The number of hydrogen-bond acceptors (Lipinski definition) is 3. The van der Waals surface area contributed by atoms with Crippen molar-refractivity contribution in [1.82, 2.24) is 9.78 Å². The summed E-state index contributed by atoms with van der Waals surface area (Å²) in [5, 5.41) is 13.5. The molecule has 2 heterocycles. The number of carbonyl (C=O) groups is 1. The molecule has 0 saturated carbocycles. The predicted octanol–water partition coefficient (Wildman–Crippen LogP) is 3.28. The van der Waals surface area contributed by atoms with Crippen molar-refractivity contribution in [3.63, 3.8) is 0 Å². The zero-order valence-corrected chi connectivity index (χ0v) is 11.1. The van der Waals surface area contributed by atoms with Crippen molar-refractivity contribution in [2.45, 2.75) is 6.92 Å². The molecule has 0 aliphatic carbocycles. The van der Waals surface area contributed by atoms with Crippen LogP contribution in [0.1, 0.15) is 16.2 Å². The van der Waals surface area contributed by atoms with Crippen molar-refractivity contribution >= 4 is 5.97 Å². The first-order valence-corrected chi connectivity index (χ1v) is 6.21. The van der Waals surface area contributed by atoms with E-state index in [1.54, 1.807) is 19.1 Å². The van der Waals surface area contributed by atoms with Crippen molar-refractivity contribution in [1.29, 1.82) is 0 Å². The highest BCUT2D eigenvalue weighted by molar-refractivity contribution is 5.87. The third-order valence-corrected chi connectivity index (χ3v) is 2.99. The van der Waals surface area contributed by atoms with E-state index in [0.29, 0.717) is 22.9 Å². The molecule has 2 aromatic heterocycles. The number of furan rings is 1. The summed E-state index contributed by atoms with van der Waals surface area (Å²) in [5.74, 6) is -0.333. The van der Waals surface area contributed by atoms with Crippen molar-refractivity contribution in [3.05, 3.63) is 59.7 Å². The van der Waals surface area contributed by atoms with E-state index in [1.165, 1.54) is 35.0 Å². The first-order valence-electron chi connectivity index (χ1n) is 6.21. The van der Waals surface area contributed by atoms with Gasteiger partial charge in [-0.1, -0.05) is 0 Å². The molecule has 1 N–H and O–H groups in total. The van der Waals surface area contributed by atoms with Gasteiger partial charge in [0.25, 0.3) is 0 Å². The standard InChI is InChI=1S/C15H11FN2O3/c1-9-2-7-14(21-9)12-8-13(15(19)20)18(17-12)11-5-3-10(16)4-6-11/h2-8H,1H3,(H,19,20). The van der Waals surface area contributed by atoms with Crippen LogP contribution in [0.2, 0.25) is 0 Å². The maximum atomic E-state index is 13.0. The van der Waals surface area contributed by atoms with Crippen molar-refractivity contribution in [2.24, 2.45) is 0 Å². The number of carboxylic acids is 1. The van der Waals surface area contributed by atoms with Crippen LogP contribution in [0.15, 0.2) is 46.9 Å². The molecule has 106 valence electrons. The van der Waals surface area contributed by atoms with Crippen LogP contribution in [0.5, 0.6) is 0 Å². The van der Waals surface area contributed by atoms with Crippen LogP contribution in [0, 0.1) is 12.7 Å². The van der Waals surface area contributed by atoms with E-state index >= 15 is 0 Å². The number of rotatable bonds is 3. The van der Waals surface area contributed by atoms with Crippen LogP contribution >= 0.6 is 0 Å². The van der Waals surface area contributed by atoms with Gasteiger partial charge < -0.3 is 9.52 Å². The van der Waals surface area contributed by atoms with Crippen molar-refractivity contribution in [3.8, 4) is 17.1 Å². The maximum absolute atomic E-state index is 13.0. The monoisotopic (exact) mass is 286 g/mol. The maximum Gasteiger partial charge on any atom is 0.354 e. The predicted molar refractivity (Wildman–Crippen MR) is 72.9 cm³/mol. The summed E-state index contributed by atoms with van der Waals surface area (Å²) in [6, 6.07) is 10.3. The van der Waals surface area contributed by atoms with Crippen LogP contribution in [-0.4, -0.2) is 20.9 Å². The number of halogens is 1. The molecular weight excluding hydrogens is 275 g/mol. The lowest BCUT2D eigenvalue weighted by Crippen LogP contribution is -2.07. The Morgan fingerprint density at radius 2 is 1.95 bits per heavy atom.